The molecule has 1 heterocycles. The Balaban J connectivity index is 1.71. The van der Waals surface area contributed by atoms with E-state index in [1.54, 1.807) is 37.6 Å². The predicted molar refractivity (Wildman–Crippen MR) is 150 cm³/mol. The molecular formula is C28H37ClN4O4. The van der Waals surface area contributed by atoms with Crippen molar-refractivity contribution in [3.05, 3.63) is 47.6 Å². The van der Waals surface area contributed by atoms with Gasteiger partial charge in [0.05, 0.1) is 29.9 Å². The summed E-state index contributed by atoms with van der Waals surface area (Å²) in [5.41, 5.74) is 1.36. The monoisotopic (exact) mass is 528 g/mol. The van der Waals surface area contributed by atoms with Gasteiger partial charge in [0.2, 0.25) is 0 Å². The summed E-state index contributed by atoms with van der Waals surface area (Å²) in [5, 5.41) is 6.78. The van der Waals surface area contributed by atoms with Crippen LogP contribution in [0.3, 0.4) is 0 Å². The van der Waals surface area contributed by atoms with E-state index < -0.39 is 0 Å². The number of halogens is 1. The van der Waals surface area contributed by atoms with Crippen LogP contribution >= 0.6 is 11.6 Å². The molecule has 1 aromatic heterocycles. The molecule has 37 heavy (non-hydrogen) atoms. The summed E-state index contributed by atoms with van der Waals surface area (Å²) in [6.45, 7) is 8.48. The fraction of sp³-hybridized carbons (Fsp3) is 0.429. The first kappa shape index (κ1) is 28.3. The minimum absolute atomic E-state index is 0.144. The SMILES string of the molecule is COc1cc2c(Oc3ccc(NC(=O)NCCC(C)(C)C)c(Cl)c3)ccnc2cc1OCCCN(C)C. The molecule has 0 bridgehead atoms. The lowest BCUT2D eigenvalue weighted by Gasteiger charge is -2.18. The number of carbonyl (C=O) groups excluding carboxylic acids is 1. The molecule has 0 spiro atoms. The Hall–Kier alpha value is -3.23. The molecule has 0 unspecified atom stereocenters. The van der Waals surface area contributed by atoms with Crippen LogP contribution in [0, 0.1) is 5.41 Å². The van der Waals surface area contributed by atoms with Crippen LogP contribution in [0.1, 0.15) is 33.6 Å². The molecule has 0 aliphatic heterocycles. The number of ether oxygens (including phenoxy) is 3. The Bertz CT molecular complexity index is 1210. The number of nitrogens with zero attached hydrogens (tertiary/aromatic N) is 2. The van der Waals surface area contributed by atoms with Gasteiger partial charge < -0.3 is 29.7 Å². The number of nitrogens with one attached hydrogen (secondary N) is 2. The molecule has 0 saturated carbocycles. The van der Waals surface area contributed by atoms with Crippen LogP contribution in [0.25, 0.3) is 10.9 Å². The fourth-order valence-corrected chi connectivity index (χ4v) is 3.78. The Labute approximate surface area is 224 Å². The highest BCUT2D eigenvalue weighted by Gasteiger charge is 2.14. The average molecular weight is 529 g/mol. The van der Waals surface area contributed by atoms with Crippen LogP contribution in [-0.2, 0) is 0 Å². The summed E-state index contributed by atoms with van der Waals surface area (Å²) in [4.78, 5) is 18.8. The second-order valence-electron chi connectivity index (χ2n) is 10.3. The third kappa shape index (κ3) is 8.68. The summed E-state index contributed by atoms with van der Waals surface area (Å²) in [6, 6.07) is 10.3. The third-order valence-electron chi connectivity index (χ3n) is 5.57. The number of fused-ring (bicyclic) bond motifs is 1. The van der Waals surface area contributed by atoms with E-state index in [1.807, 2.05) is 26.2 Å². The van der Waals surface area contributed by atoms with Gasteiger partial charge in [-0.1, -0.05) is 32.4 Å². The molecular weight excluding hydrogens is 492 g/mol. The number of anilines is 1. The summed E-state index contributed by atoms with van der Waals surface area (Å²) >= 11 is 6.44. The second kappa shape index (κ2) is 12.8. The molecule has 2 amide bonds. The number of pyridine rings is 1. The van der Waals surface area contributed by atoms with Gasteiger partial charge >= 0.3 is 6.03 Å². The van der Waals surface area contributed by atoms with E-state index in [4.69, 9.17) is 25.8 Å². The number of rotatable bonds is 11. The molecule has 0 fully saturated rings. The summed E-state index contributed by atoms with van der Waals surface area (Å²) in [5.74, 6) is 2.36. The number of aromatic nitrogens is 1. The van der Waals surface area contributed by atoms with E-state index in [0.717, 1.165) is 30.3 Å². The normalized spacial score (nSPS) is 11.5. The molecule has 200 valence electrons. The van der Waals surface area contributed by atoms with Crippen molar-refractivity contribution in [1.29, 1.82) is 0 Å². The van der Waals surface area contributed by atoms with Crippen molar-refractivity contribution >= 4 is 34.2 Å². The third-order valence-corrected chi connectivity index (χ3v) is 5.88. The quantitative estimate of drug-likeness (QED) is 0.273. The van der Waals surface area contributed by atoms with E-state index in [1.165, 1.54) is 0 Å². The standard InChI is InChI=1S/C28H37ClN4O4/c1-28(2,3)11-13-31-27(34)32-22-9-8-19(16-21(22)29)37-24-10-12-30-23-18-26(25(35-6)17-20(23)24)36-15-7-14-33(4)5/h8-10,12,16-18H,7,11,13-15H2,1-6H3,(H2,31,32,34). The van der Waals surface area contributed by atoms with Crippen LogP contribution in [-0.4, -0.2) is 56.8 Å². The zero-order valence-electron chi connectivity index (χ0n) is 22.5. The number of urea groups is 1. The maximum absolute atomic E-state index is 12.2. The number of amides is 2. The molecule has 3 rings (SSSR count). The van der Waals surface area contributed by atoms with Gasteiger partial charge in [0.25, 0.3) is 0 Å². The first-order chi connectivity index (χ1) is 17.6. The molecule has 2 N–H and O–H groups in total. The minimum atomic E-state index is -0.299. The predicted octanol–water partition coefficient (Wildman–Crippen LogP) is 6.58. The number of methoxy groups -OCH3 is 1. The van der Waals surface area contributed by atoms with E-state index in [-0.39, 0.29) is 11.4 Å². The Kier molecular flexibility index (Phi) is 9.83. The van der Waals surface area contributed by atoms with Crippen LogP contribution < -0.4 is 24.8 Å². The Morgan fingerprint density at radius 1 is 1.08 bits per heavy atom. The molecule has 8 nitrogen and oxygen atoms in total. The number of carbonyl (C=O) groups is 1. The lowest BCUT2D eigenvalue weighted by atomic mass is 9.92. The molecule has 0 radical (unpaired) electrons. The highest BCUT2D eigenvalue weighted by atomic mass is 35.5. The van der Waals surface area contributed by atoms with E-state index >= 15 is 0 Å². The number of hydrogen-bond donors (Lipinski definition) is 2. The first-order valence-corrected chi connectivity index (χ1v) is 12.7. The highest BCUT2D eigenvalue weighted by molar-refractivity contribution is 6.33. The van der Waals surface area contributed by atoms with Gasteiger partial charge in [-0.25, -0.2) is 4.79 Å². The fourth-order valence-electron chi connectivity index (χ4n) is 3.56. The van der Waals surface area contributed by atoms with E-state index in [2.05, 4.69) is 41.3 Å². The summed E-state index contributed by atoms with van der Waals surface area (Å²) in [7, 11) is 5.67. The van der Waals surface area contributed by atoms with Gasteiger partial charge in [-0.15, -0.1) is 0 Å². The molecule has 2 aromatic carbocycles. The average Bonchev–Trinajstić information content (AvgIpc) is 2.82. The second-order valence-corrected chi connectivity index (χ2v) is 10.7. The van der Waals surface area contributed by atoms with Crippen molar-refractivity contribution in [2.24, 2.45) is 5.41 Å². The largest absolute Gasteiger partial charge is 0.493 e. The van der Waals surface area contributed by atoms with Crippen molar-refractivity contribution in [2.45, 2.75) is 33.6 Å². The van der Waals surface area contributed by atoms with Gasteiger partial charge in [0.15, 0.2) is 11.5 Å². The minimum Gasteiger partial charge on any atom is -0.493 e. The maximum atomic E-state index is 12.2. The van der Waals surface area contributed by atoms with Gasteiger partial charge in [0.1, 0.15) is 11.5 Å². The lowest BCUT2D eigenvalue weighted by molar-refractivity contribution is 0.250. The molecule has 3 aromatic rings. The lowest BCUT2D eigenvalue weighted by Crippen LogP contribution is -2.31. The Morgan fingerprint density at radius 2 is 1.86 bits per heavy atom. The van der Waals surface area contributed by atoms with Crippen LogP contribution in [0.4, 0.5) is 10.5 Å². The molecule has 9 heteroatoms. The number of hydrogen-bond acceptors (Lipinski definition) is 6. The molecule has 0 atom stereocenters. The zero-order chi connectivity index (χ0) is 27.0. The van der Waals surface area contributed by atoms with Crippen molar-refractivity contribution in [2.75, 3.05) is 46.2 Å². The van der Waals surface area contributed by atoms with Crippen molar-refractivity contribution in [3.63, 3.8) is 0 Å². The van der Waals surface area contributed by atoms with E-state index in [9.17, 15) is 4.79 Å². The smallest absolute Gasteiger partial charge is 0.319 e. The van der Waals surface area contributed by atoms with Gasteiger partial charge in [0, 0.05) is 36.8 Å². The summed E-state index contributed by atoms with van der Waals surface area (Å²) < 4.78 is 17.7. The topological polar surface area (TPSA) is 85.0 Å². The molecule has 0 aliphatic rings. The van der Waals surface area contributed by atoms with Crippen LogP contribution in [0.2, 0.25) is 5.02 Å². The Morgan fingerprint density at radius 3 is 2.54 bits per heavy atom. The van der Waals surface area contributed by atoms with E-state index in [0.29, 0.717) is 46.9 Å². The van der Waals surface area contributed by atoms with Crippen molar-refractivity contribution in [1.82, 2.24) is 15.2 Å². The maximum Gasteiger partial charge on any atom is 0.319 e. The first-order valence-electron chi connectivity index (χ1n) is 12.3. The van der Waals surface area contributed by atoms with Gasteiger partial charge in [-0.3, -0.25) is 4.98 Å². The number of benzene rings is 2. The van der Waals surface area contributed by atoms with Gasteiger partial charge in [-0.2, -0.15) is 0 Å². The summed E-state index contributed by atoms with van der Waals surface area (Å²) in [6.07, 6.45) is 3.45. The molecule has 0 saturated heterocycles. The van der Waals surface area contributed by atoms with Gasteiger partial charge in [-0.05, 0) is 56.6 Å². The molecule has 0 aliphatic carbocycles. The van der Waals surface area contributed by atoms with Crippen LogP contribution in [0.5, 0.6) is 23.0 Å². The van der Waals surface area contributed by atoms with Crippen LogP contribution in [0.15, 0.2) is 42.6 Å². The van der Waals surface area contributed by atoms with Crippen molar-refractivity contribution < 1.29 is 19.0 Å². The zero-order valence-corrected chi connectivity index (χ0v) is 23.2. The highest BCUT2D eigenvalue weighted by Crippen LogP contribution is 2.38. The van der Waals surface area contributed by atoms with Crippen molar-refractivity contribution in [3.8, 4) is 23.0 Å².